The van der Waals surface area contributed by atoms with E-state index in [2.05, 4.69) is 27.6 Å². The first-order valence-corrected chi connectivity index (χ1v) is 14.7. The zero-order valence-electron chi connectivity index (χ0n) is 22.5. The molecule has 2 fully saturated rings. The topological polar surface area (TPSA) is 104 Å². The number of halogens is 1. The average Bonchev–Trinajstić information content (AvgIpc) is 3.28. The average molecular weight is 559 g/mol. The highest BCUT2D eigenvalue weighted by Gasteiger charge is 2.71. The molecule has 3 aromatic carbocycles. The number of aryl methyl sites for hydroxylation is 1. The van der Waals surface area contributed by atoms with Crippen molar-refractivity contribution in [3.63, 3.8) is 0 Å². The molecule has 1 aliphatic carbocycles. The van der Waals surface area contributed by atoms with Crippen LogP contribution in [0.2, 0.25) is 0 Å². The van der Waals surface area contributed by atoms with E-state index < -0.39 is 15.4 Å². The summed E-state index contributed by atoms with van der Waals surface area (Å²) >= 11 is 0. The van der Waals surface area contributed by atoms with Crippen molar-refractivity contribution >= 4 is 27.6 Å². The number of hydrogen-bond donors (Lipinski definition) is 2. The van der Waals surface area contributed by atoms with Gasteiger partial charge in [-0.25, -0.2) is 12.8 Å². The van der Waals surface area contributed by atoms with Crippen LogP contribution in [0.1, 0.15) is 48.1 Å². The fourth-order valence-electron chi connectivity index (χ4n) is 6.31. The molecular weight excluding hydrogens is 527 g/mol. The Balaban J connectivity index is 1.39. The van der Waals surface area contributed by atoms with Crippen LogP contribution in [-0.4, -0.2) is 47.0 Å². The van der Waals surface area contributed by atoms with E-state index in [1.807, 2.05) is 51.1 Å². The zero-order chi connectivity index (χ0) is 28.2. The lowest BCUT2D eigenvalue weighted by atomic mass is 9.86. The van der Waals surface area contributed by atoms with Gasteiger partial charge in [-0.1, -0.05) is 30.3 Å². The van der Waals surface area contributed by atoms with Crippen LogP contribution in [0.3, 0.4) is 0 Å². The molecule has 4 aromatic rings. The predicted molar refractivity (Wildman–Crippen MR) is 152 cm³/mol. The van der Waals surface area contributed by atoms with Gasteiger partial charge >= 0.3 is 0 Å². The zero-order valence-corrected chi connectivity index (χ0v) is 23.4. The summed E-state index contributed by atoms with van der Waals surface area (Å²) in [4.78, 5) is 1.42. The first-order chi connectivity index (χ1) is 19.1. The monoisotopic (exact) mass is 558 g/mol. The van der Waals surface area contributed by atoms with Crippen LogP contribution in [0.15, 0.2) is 78.0 Å². The molecule has 0 unspecified atom stereocenters. The van der Waals surface area contributed by atoms with Gasteiger partial charge in [-0.3, -0.25) is 0 Å². The number of rotatable bonds is 8. The Morgan fingerprint density at radius 1 is 1.12 bits per heavy atom. The Morgan fingerprint density at radius 2 is 1.85 bits per heavy atom. The standard InChI is InChI=1S/C30H31FN6O2S/c1-19(2)37-33-16-28(35-37)40(38,39)36-17-26-29(21-7-5-4-6-8-21)30(26,18-36)25-14-22(15-32)27(13-20(25)3)34-24-11-9-23(31)10-12-24/h4-16,19,26,29,32,34H,17-18H2,1-3H3/t26-,29-,30+/m0/s1. The summed E-state index contributed by atoms with van der Waals surface area (Å²) in [5.74, 6) is -0.0830. The second-order valence-corrected chi connectivity index (χ2v) is 12.8. The van der Waals surface area contributed by atoms with Crippen molar-refractivity contribution in [1.29, 1.82) is 5.41 Å². The molecule has 1 aromatic heterocycles. The number of nitrogens with zero attached hydrogens (tertiary/aromatic N) is 4. The predicted octanol–water partition coefficient (Wildman–Crippen LogP) is 5.40. The van der Waals surface area contributed by atoms with E-state index in [1.54, 1.807) is 16.4 Å². The third-order valence-electron chi connectivity index (χ3n) is 8.24. The molecule has 40 heavy (non-hydrogen) atoms. The minimum Gasteiger partial charge on any atom is -0.355 e. The van der Waals surface area contributed by atoms with E-state index >= 15 is 0 Å². The number of hydrogen-bond acceptors (Lipinski definition) is 6. The number of fused-ring (bicyclic) bond motifs is 1. The van der Waals surface area contributed by atoms with Gasteiger partial charge in [0.25, 0.3) is 10.0 Å². The lowest BCUT2D eigenvalue weighted by molar-refractivity contribution is 0.414. The van der Waals surface area contributed by atoms with Crippen LogP contribution < -0.4 is 5.32 Å². The summed E-state index contributed by atoms with van der Waals surface area (Å²) in [6.07, 6.45) is 2.63. The fraction of sp³-hybridized carbons (Fsp3) is 0.300. The molecule has 1 saturated heterocycles. The maximum absolute atomic E-state index is 13.7. The molecule has 2 aliphatic rings. The summed E-state index contributed by atoms with van der Waals surface area (Å²) in [6, 6.07) is 20.3. The summed E-state index contributed by atoms with van der Waals surface area (Å²) in [6.45, 7) is 6.53. The highest BCUT2D eigenvalue weighted by Crippen LogP contribution is 2.70. The Kier molecular flexibility index (Phi) is 6.35. The Morgan fingerprint density at radius 3 is 2.50 bits per heavy atom. The largest absolute Gasteiger partial charge is 0.355 e. The van der Waals surface area contributed by atoms with Gasteiger partial charge in [-0.05, 0) is 79.8 Å². The van der Waals surface area contributed by atoms with Crippen molar-refractivity contribution < 1.29 is 12.8 Å². The first kappa shape index (κ1) is 26.3. The molecule has 1 saturated carbocycles. The molecule has 8 nitrogen and oxygen atoms in total. The van der Waals surface area contributed by atoms with Crippen molar-refractivity contribution in [3.05, 3.63) is 101 Å². The molecule has 6 rings (SSSR count). The van der Waals surface area contributed by atoms with Gasteiger partial charge in [0, 0.05) is 47.6 Å². The third kappa shape index (κ3) is 4.22. The molecule has 1 aliphatic heterocycles. The van der Waals surface area contributed by atoms with E-state index in [9.17, 15) is 12.8 Å². The second kappa shape index (κ2) is 9.64. The number of aromatic nitrogens is 3. The fourth-order valence-corrected chi connectivity index (χ4v) is 7.68. The Bertz CT molecular complexity index is 1690. The normalized spacial score (nSPS) is 22.3. The molecule has 0 radical (unpaired) electrons. The van der Waals surface area contributed by atoms with Crippen LogP contribution in [-0.2, 0) is 15.4 Å². The van der Waals surface area contributed by atoms with E-state index in [4.69, 9.17) is 5.41 Å². The van der Waals surface area contributed by atoms with Gasteiger partial charge in [0.15, 0.2) is 0 Å². The molecule has 10 heteroatoms. The molecule has 2 heterocycles. The van der Waals surface area contributed by atoms with Crippen molar-refractivity contribution in [1.82, 2.24) is 19.3 Å². The summed E-state index contributed by atoms with van der Waals surface area (Å²) in [5, 5.41) is 19.8. The Labute approximate surface area is 233 Å². The highest BCUT2D eigenvalue weighted by molar-refractivity contribution is 7.89. The van der Waals surface area contributed by atoms with Crippen LogP contribution >= 0.6 is 0 Å². The number of benzene rings is 3. The second-order valence-electron chi connectivity index (χ2n) is 11.0. The van der Waals surface area contributed by atoms with E-state index in [1.165, 1.54) is 34.9 Å². The van der Waals surface area contributed by atoms with Gasteiger partial charge < -0.3 is 10.7 Å². The maximum Gasteiger partial charge on any atom is 0.264 e. The summed E-state index contributed by atoms with van der Waals surface area (Å²) in [7, 11) is -3.84. The summed E-state index contributed by atoms with van der Waals surface area (Å²) in [5.41, 5.74) is 4.92. The van der Waals surface area contributed by atoms with Crippen molar-refractivity contribution in [2.24, 2.45) is 5.92 Å². The van der Waals surface area contributed by atoms with E-state index in [0.717, 1.165) is 16.8 Å². The first-order valence-electron chi connectivity index (χ1n) is 13.3. The highest BCUT2D eigenvalue weighted by atomic mass is 32.2. The molecule has 0 spiro atoms. The summed E-state index contributed by atoms with van der Waals surface area (Å²) < 4.78 is 42.3. The van der Waals surface area contributed by atoms with Crippen LogP contribution in [0, 0.1) is 24.1 Å². The SMILES string of the molecule is Cc1cc(Nc2ccc(F)cc2)c(C=N)cc1[C@]12CN(S(=O)(=O)c3cnn(C(C)C)n3)C[C@H]1[C@@H]2c1ccccc1. The number of anilines is 2. The van der Waals surface area contributed by atoms with Crippen molar-refractivity contribution in [2.75, 3.05) is 18.4 Å². The van der Waals surface area contributed by atoms with Gasteiger partial charge in [-0.2, -0.15) is 14.2 Å². The van der Waals surface area contributed by atoms with Gasteiger partial charge in [-0.15, -0.1) is 5.10 Å². The molecule has 2 N–H and O–H groups in total. The minimum absolute atomic E-state index is 0.0374. The van der Waals surface area contributed by atoms with Gasteiger partial charge in [0.1, 0.15) is 5.82 Å². The minimum atomic E-state index is -3.84. The quantitative estimate of drug-likeness (QED) is 0.282. The van der Waals surface area contributed by atoms with Crippen molar-refractivity contribution in [2.45, 2.75) is 43.2 Å². The molecule has 0 bridgehead atoms. The van der Waals surface area contributed by atoms with Crippen molar-refractivity contribution in [3.8, 4) is 0 Å². The molecule has 206 valence electrons. The molecule has 0 amide bonds. The van der Waals surface area contributed by atoms with Crippen LogP contribution in [0.4, 0.5) is 15.8 Å². The van der Waals surface area contributed by atoms with E-state index in [-0.39, 0.29) is 28.7 Å². The molecular formula is C30H31FN6O2S. The van der Waals surface area contributed by atoms with Gasteiger partial charge in [0.2, 0.25) is 5.03 Å². The molecule has 3 atom stereocenters. The van der Waals surface area contributed by atoms with Crippen LogP contribution in [0.25, 0.3) is 0 Å². The maximum atomic E-state index is 13.7. The number of sulfonamides is 1. The van der Waals surface area contributed by atoms with E-state index in [0.29, 0.717) is 24.3 Å². The van der Waals surface area contributed by atoms with Crippen LogP contribution in [0.5, 0.6) is 0 Å². The van der Waals surface area contributed by atoms with Gasteiger partial charge in [0.05, 0.1) is 12.2 Å². The number of piperidine rings is 1. The Hall–Kier alpha value is -3.89. The smallest absolute Gasteiger partial charge is 0.264 e. The third-order valence-corrected chi connectivity index (χ3v) is 9.91. The number of nitrogens with one attached hydrogen (secondary N) is 2. The lowest BCUT2D eigenvalue weighted by Crippen LogP contribution is -2.35. The lowest BCUT2D eigenvalue weighted by Gasteiger charge is -2.25.